The van der Waals surface area contributed by atoms with Crippen LogP contribution in [-0.2, 0) is 25.9 Å². The van der Waals surface area contributed by atoms with E-state index in [1.807, 2.05) is 11.3 Å². The van der Waals surface area contributed by atoms with Crippen molar-refractivity contribution in [1.82, 2.24) is 20.1 Å². The van der Waals surface area contributed by atoms with E-state index in [0.717, 1.165) is 43.3 Å². The number of halogens is 1. The van der Waals surface area contributed by atoms with E-state index in [1.165, 1.54) is 22.6 Å². The maximum atomic E-state index is 12.9. The Morgan fingerprint density at radius 3 is 2.96 bits per heavy atom. The normalized spacial score (nSPS) is 14.8. The molecule has 2 aromatic heterocycles. The highest BCUT2D eigenvalue weighted by atomic mass is 32.1. The second kappa shape index (κ2) is 6.22. The van der Waals surface area contributed by atoms with Crippen LogP contribution in [0.4, 0.5) is 4.39 Å². The summed E-state index contributed by atoms with van der Waals surface area (Å²) in [4.78, 5) is 8.45. The predicted octanol–water partition coefficient (Wildman–Crippen LogP) is 3.15. The zero-order chi connectivity index (χ0) is 15.6. The number of nitrogens with zero attached hydrogens (tertiary/aromatic N) is 3. The van der Waals surface area contributed by atoms with Crippen LogP contribution < -0.4 is 0 Å². The molecule has 4 rings (SSSR count). The Morgan fingerprint density at radius 2 is 2.09 bits per heavy atom. The highest BCUT2D eigenvalue weighted by Gasteiger charge is 2.18. The lowest BCUT2D eigenvalue weighted by molar-refractivity contribution is 0.241. The molecule has 0 aliphatic carbocycles. The standard InChI is InChI=1S/C17H17FN4S/c18-14-3-1-12(2-4-14)9-16-19-17(21-20-16)11-22-7-5-15-13(10-22)6-8-23-15/h1-4,6,8H,5,7,9-11H2,(H,19,20,21). The maximum Gasteiger partial charge on any atom is 0.164 e. The molecule has 3 aromatic rings. The van der Waals surface area contributed by atoms with E-state index >= 15 is 0 Å². The largest absolute Gasteiger partial charge is 0.291 e. The van der Waals surface area contributed by atoms with Crippen LogP contribution in [0.15, 0.2) is 35.7 Å². The molecule has 3 heterocycles. The molecule has 118 valence electrons. The topological polar surface area (TPSA) is 44.8 Å². The van der Waals surface area contributed by atoms with E-state index in [2.05, 4.69) is 31.5 Å². The number of hydrogen-bond donors (Lipinski definition) is 1. The fraction of sp³-hybridized carbons (Fsp3) is 0.294. The lowest BCUT2D eigenvalue weighted by atomic mass is 10.1. The van der Waals surface area contributed by atoms with Crippen LogP contribution in [0.1, 0.15) is 27.7 Å². The van der Waals surface area contributed by atoms with Gasteiger partial charge >= 0.3 is 0 Å². The molecule has 1 N–H and O–H groups in total. The molecular formula is C17H17FN4S. The van der Waals surface area contributed by atoms with Gasteiger partial charge in [0.2, 0.25) is 0 Å². The van der Waals surface area contributed by atoms with Gasteiger partial charge in [0, 0.05) is 24.4 Å². The lowest BCUT2D eigenvalue weighted by Gasteiger charge is -2.25. The predicted molar refractivity (Wildman–Crippen MR) is 87.7 cm³/mol. The van der Waals surface area contributed by atoms with Gasteiger partial charge in [-0.1, -0.05) is 12.1 Å². The average Bonchev–Trinajstić information content (AvgIpc) is 3.18. The van der Waals surface area contributed by atoms with E-state index in [0.29, 0.717) is 6.42 Å². The SMILES string of the molecule is Fc1ccc(Cc2nc(CN3CCc4sccc4C3)n[nH]2)cc1. The minimum atomic E-state index is -0.218. The van der Waals surface area contributed by atoms with Gasteiger partial charge in [0.05, 0.1) is 6.54 Å². The fourth-order valence-electron chi connectivity index (χ4n) is 2.92. The molecule has 0 bridgehead atoms. The summed E-state index contributed by atoms with van der Waals surface area (Å²) in [6, 6.07) is 8.71. The van der Waals surface area contributed by atoms with Gasteiger partial charge in [-0.05, 0) is 41.1 Å². The number of aromatic nitrogens is 3. The molecule has 0 radical (unpaired) electrons. The van der Waals surface area contributed by atoms with E-state index in [1.54, 1.807) is 12.1 Å². The second-order valence-corrected chi connectivity index (χ2v) is 6.83. The third-order valence-corrected chi connectivity index (χ3v) is 5.14. The summed E-state index contributed by atoms with van der Waals surface area (Å²) in [7, 11) is 0. The van der Waals surface area contributed by atoms with Crippen molar-refractivity contribution in [2.75, 3.05) is 6.54 Å². The zero-order valence-electron chi connectivity index (χ0n) is 12.6. The van der Waals surface area contributed by atoms with Crippen molar-refractivity contribution in [3.8, 4) is 0 Å². The summed E-state index contributed by atoms with van der Waals surface area (Å²) in [6.45, 7) is 2.78. The lowest BCUT2D eigenvalue weighted by Crippen LogP contribution is -2.29. The molecular weight excluding hydrogens is 311 g/mol. The molecule has 1 aromatic carbocycles. The number of rotatable bonds is 4. The van der Waals surface area contributed by atoms with Crippen LogP contribution in [0.25, 0.3) is 0 Å². The molecule has 0 saturated heterocycles. The Hall–Kier alpha value is -2.05. The third-order valence-electron chi connectivity index (χ3n) is 4.11. The molecule has 4 nitrogen and oxygen atoms in total. The average molecular weight is 328 g/mol. The van der Waals surface area contributed by atoms with Gasteiger partial charge < -0.3 is 0 Å². The van der Waals surface area contributed by atoms with Crippen LogP contribution in [0, 0.1) is 5.82 Å². The molecule has 6 heteroatoms. The van der Waals surface area contributed by atoms with Gasteiger partial charge in [-0.25, -0.2) is 9.37 Å². The van der Waals surface area contributed by atoms with Gasteiger partial charge in [-0.3, -0.25) is 10.00 Å². The zero-order valence-corrected chi connectivity index (χ0v) is 13.4. The van der Waals surface area contributed by atoms with Crippen molar-refractivity contribution in [3.05, 3.63) is 69.2 Å². The number of fused-ring (bicyclic) bond motifs is 1. The van der Waals surface area contributed by atoms with E-state index in [4.69, 9.17) is 0 Å². The van der Waals surface area contributed by atoms with Gasteiger partial charge in [0.15, 0.2) is 5.82 Å². The molecule has 0 fully saturated rings. The first-order valence-corrected chi connectivity index (χ1v) is 8.56. The summed E-state index contributed by atoms with van der Waals surface area (Å²) in [5, 5.41) is 9.48. The van der Waals surface area contributed by atoms with E-state index in [-0.39, 0.29) is 5.82 Å². The van der Waals surface area contributed by atoms with Crippen LogP contribution in [-0.4, -0.2) is 26.6 Å². The number of H-pyrrole nitrogens is 1. The van der Waals surface area contributed by atoms with Crippen molar-refractivity contribution >= 4 is 11.3 Å². The number of hydrogen-bond acceptors (Lipinski definition) is 4. The molecule has 1 aliphatic rings. The summed E-state index contributed by atoms with van der Waals surface area (Å²) in [6.07, 6.45) is 1.75. The van der Waals surface area contributed by atoms with Crippen molar-refractivity contribution in [2.24, 2.45) is 0 Å². The van der Waals surface area contributed by atoms with Crippen LogP contribution in [0.2, 0.25) is 0 Å². The minimum absolute atomic E-state index is 0.218. The van der Waals surface area contributed by atoms with Gasteiger partial charge in [-0.15, -0.1) is 11.3 Å². The molecule has 1 aliphatic heterocycles. The second-order valence-electron chi connectivity index (χ2n) is 5.83. The third kappa shape index (κ3) is 3.33. The molecule has 23 heavy (non-hydrogen) atoms. The van der Waals surface area contributed by atoms with Gasteiger partial charge in [0.1, 0.15) is 11.6 Å². The Morgan fingerprint density at radius 1 is 1.22 bits per heavy atom. The summed E-state index contributed by atoms with van der Waals surface area (Å²) >= 11 is 1.85. The number of aromatic amines is 1. The monoisotopic (exact) mass is 328 g/mol. The van der Waals surface area contributed by atoms with Crippen LogP contribution in [0.5, 0.6) is 0 Å². The Balaban J connectivity index is 1.39. The molecule has 0 amide bonds. The van der Waals surface area contributed by atoms with Crippen molar-refractivity contribution in [3.63, 3.8) is 0 Å². The van der Waals surface area contributed by atoms with Crippen molar-refractivity contribution in [2.45, 2.75) is 25.9 Å². The first-order valence-electron chi connectivity index (χ1n) is 7.68. The Kier molecular flexibility index (Phi) is 3.93. The fourth-order valence-corrected chi connectivity index (χ4v) is 3.81. The summed E-state index contributed by atoms with van der Waals surface area (Å²) in [5.41, 5.74) is 2.46. The highest BCUT2D eigenvalue weighted by molar-refractivity contribution is 7.10. The van der Waals surface area contributed by atoms with Crippen molar-refractivity contribution in [1.29, 1.82) is 0 Å². The smallest absolute Gasteiger partial charge is 0.164 e. The summed E-state index contributed by atoms with van der Waals surface area (Å²) in [5.74, 6) is 1.42. The number of thiophene rings is 1. The van der Waals surface area contributed by atoms with Crippen LogP contribution >= 0.6 is 11.3 Å². The molecule has 0 atom stereocenters. The van der Waals surface area contributed by atoms with E-state index in [9.17, 15) is 4.39 Å². The number of nitrogens with one attached hydrogen (secondary N) is 1. The van der Waals surface area contributed by atoms with Gasteiger partial charge in [0.25, 0.3) is 0 Å². The molecule has 0 spiro atoms. The molecule has 0 unspecified atom stereocenters. The van der Waals surface area contributed by atoms with E-state index < -0.39 is 0 Å². The minimum Gasteiger partial charge on any atom is -0.291 e. The van der Waals surface area contributed by atoms with Crippen LogP contribution in [0.3, 0.4) is 0 Å². The van der Waals surface area contributed by atoms with Crippen molar-refractivity contribution < 1.29 is 4.39 Å². The quantitative estimate of drug-likeness (QED) is 0.800. The Labute approximate surface area is 138 Å². The first kappa shape index (κ1) is 14.5. The first-order chi connectivity index (χ1) is 11.3. The maximum absolute atomic E-state index is 12.9. The van der Waals surface area contributed by atoms with Gasteiger partial charge in [-0.2, -0.15) is 5.10 Å². The number of benzene rings is 1. The Bertz CT molecular complexity index is 793. The molecule has 0 saturated carbocycles. The highest BCUT2D eigenvalue weighted by Crippen LogP contribution is 2.24. The summed E-state index contributed by atoms with van der Waals surface area (Å²) < 4.78 is 12.9.